The number of halogens is 3. The normalized spacial score (nSPS) is 12.9. The van der Waals surface area contributed by atoms with Crippen LogP contribution in [-0.4, -0.2) is 18.3 Å². The number of ether oxygens (including phenoxy) is 1. The number of phenols is 1. The van der Waals surface area contributed by atoms with E-state index in [1.54, 1.807) is 12.1 Å². The van der Waals surface area contributed by atoms with Gasteiger partial charge in [-0.2, -0.15) is 13.2 Å². The van der Waals surface area contributed by atoms with E-state index in [0.717, 1.165) is 12.1 Å². The van der Waals surface area contributed by atoms with Gasteiger partial charge in [0.05, 0.1) is 12.2 Å². The molecule has 2 rings (SSSR count). The van der Waals surface area contributed by atoms with Crippen LogP contribution in [0.1, 0.15) is 17.0 Å². The smallest absolute Gasteiger partial charge is 0.416 e. The van der Waals surface area contributed by atoms with Crippen molar-refractivity contribution < 1.29 is 23.0 Å². The first-order chi connectivity index (χ1) is 10.4. The molecule has 0 radical (unpaired) electrons. The van der Waals surface area contributed by atoms with Crippen LogP contribution in [0.4, 0.5) is 13.2 Å². The number of rotatable bonds is 5. The number of benzene rings is 2. The second-order valence-electron chi connectivity index (χ2n) is 4.86. The van der Waals surface area contributed by atoms with Crippen LogP contribution in [-0.2, 0) is 6.18 Å². The fourth-order valence-electron chi connectivity index (χ4n) is 2.01. The summed E-state index contributed by atoms with van der Waals surface area (Å²) in [5.41, 5.74) is 5.65. The minimum absolute atomic E-state index is 0.0799. The molecule has 118 valence electrons. The SMILES string of the molecule is NCC(COc1cccc(O)c1)c1ccc(C(F)(F)F)cc1. The molecule has 1 atom stereocenters. The van der Waals surface area contributed by atoms with Crippen molar-refractivity contribution in [3.63, 3.8) is 0 Å². The van der Waals surface area contributed by atoms with E-state index in [0.29, 0.717) is 11.3 Å². The third-order valence-corrected chi connectivity index (χ3v) is 3.26. The lowest BCUT2D eigenvalue weighted by molar-refractivity contribution is -0.137. The van der Waals surface area contributed by atoms with Crippen LogP contribution in [0, 0.1) is 0 Å². The molecule has 2 aromatic carbocycles. The summed E-state index contributed by atoms with van der Waals surface area (Å²) in [6.45, 7) is 0.454. The number of hydrogen-bond donors (Lipinski definition) is 2. The van der Waals surface area contributed by atoms with E-state index in [1.165, 1.54) is 24.3 Å². The topological polar surface area (TPSA) is 55.5 Å². The van der Waals surface area contributed by atoms with Crippen LogP contribution in [0.15, 0.2) is 48.5 Å². The quantitative estimate of drug-likeness (QED) is 0.888. The first-order valence-electron chi connectivity index (χ1n) is 6.69. The summed E-state index contributed by atoms with van der Waals surface area (Å²) in [6, 6.07) is 11.2. The van der Waals surface area contributed by atoms with Crippen LogP contribution < -0.4 is 10.5 Å². The number of nitrogens with two attached hydrogens (primary N) is 1. The molecule has 0 aromatic heterocycles. The van der Waals surface area contributed by atoms with Gasteiger partial charge in [0.2, 0.25) is 0 Å². The Kier molecular flexibility index (Phi) is 4.92. The van der Waals surface area contributed by atoms with Gasteiger partial charge >= 0.3 is 6.18 Å². The molecule has 3 nitrogen and oxygen atoms in total. The highest BCUT2D eigenvalue weighted by Gasteiger charge is 2.30. The van der Waals surface area contributed by atoms with Gasteiger partial charge in [0.25, 0.3) is 0 Å². The molecule has 2 aromatic rings. The van der Waals surface area contributed by atoms with Crippen molar-refractivity contribution in [1.29, 1.82) is 0 Å². The van der Waals surface area contributed by atoms with Gasteiger partial charge in [-0.3, -0.25) is 0 Å². The Labute approximate surface area is 126 Å². The lowest BCUT2D eigenvalue weighted by atomic mass is 9.99. The maximum Gasteiger partial charge on any atom is 0.416 e. The summed E-state index contributed by atoms with van der Waals surface area (Å²) in [7, 11) is 0. The number of aromatic hydroxyl groups is 1. The summed E-state index contributed by atoms with van der Waals surface area (Å²) in [5.74, 6) is 0.325. The van der Waals surface area contributed by atoms with Crippen molar-refractivity contribution in [3.05, 3.63) is 59.7 Å². The Balaban J connectivity index is 2.05. The standard InChI is InChI=1S/C16H16F3NO2/c17-16(18,19)13-6-4-11(5-7-13)12(9-20)10-22-15-3-1-2-14(21)8-15/h1-8,12,21H,9-10,20H2. The largest absolute Gasteiger partial charge is 0.508 e. The van der Waals surface area contributed by atoms with Crippen molar-refractivity contribution >= 4 is 0 Å². The molecule has 0 aliphatic heterocycles. The summed E-state index contributed by atoms with van der Waals surface area (Å²) >= 11 is 0. The molecule has 0 saturated carbocycles. The molecular weight excluding hydrogens is 295 g/mol. The summed E-state index contributed by atoms with van der Waals surface area (Å²) in [6.07, 6.45) is -4.35. The first kappa shape index (κ1) is 16.2. The van der Waals surface area contributed by atoms with Crippen molar-refractivity contribution in [1.82, 2.24) is 0 Å². The summed E-state index contributed by atoms with van der Waals surface area (Å²) < 4.78 is 43.1. The third-order valence-electron chi connectivity index (χ3n) is 3.26. The van der Waals surface area contributed by atoms with Crippen molar-refractivity contribution in [2.24, 2.45) is 5.73 Å². The number of alkyl halides is 3. The van der Waals surface area contributed by atoms with Crippen molar-refractivity contribution in [3.8, 4) is 11.5 Å². The molecular formula is C16H16F3NO2. The van der Waals surface area contributed by atoms with E-state index < -0.39 is 11.7 Å². The zero-order valence-electron chi connectivity index (χ0n) is 11.7. The van der Waals surface area contributed by atoms with E-state index >= 15 is 0 Å². The van der Waals surface area contributed by atoms with Crippen LogP contribution in [0.5, 0.6) is 11.5 Å². The Morgan fingerprint density at radius 1 is 1.09 bits per heavy atom. The zero-order valence-corrected chi connectivity index (χ0v) is 11.7. The van der Waals surface area contributed by atoms with Gasteiger partial charge in [-0.05, 0) is 29.8 Å². The lowest BCUT2D eigenvalue weighted by Gasteiger charge is -2.17. The Morgan fingerprint density at radius 3 is 2.32 bits per heavy atom. The number of phenolic OH excluding ortho intramolecular Hbond substituents is 1. The minimum Gasteiger partial charge on any atom is -0.508 e. The summed E-state index contributed by atoms with van der Waals surface area (Å²) in [4.78, 5) is 0. The fourth-order valence-corrected chi connectivity index (χ4v) is 2.01. The van der Waals surface area contributed by atoms with Gasteiger partial charge < -0.3 is 15.6 Å². The van der Waals surface area contributed by atoms with E-state index in [4.69, 9.17) is 10.5 Å². The molecule has 0 aliphatic rings. The zero-order chi connectivity index (χ0) is 16.2. The Morgan fingerprint density at radius 2 is 1.77 bits per heavy atom. The van der Waals surface area contributed by atoms with Crippen LogP contribution >= 0.6 is 0 Å². The Hall–Kier alpha value is -2.21. The minimum atomic E-state index is -4.35. The third kappa shape index (κ3) is 4.14. The molecule has 0 spiro atoms. The molecule has 0 heterocycles. The molecule has 1 unspecified atom stereocenters. The molecule has 22 heavy (non-hydrogen) atoms. The average molecular weight is 311 g/mol. The highest BCUT2D eigenvalue weighted by molar-refractivity contribution is 5.32. The predicted molar refractivity (Wildman–Crippen MR) is 76.8 cm³/mol. The molecule has 0 bridgehead atoms. The summed E-state index contributed by atoms with van der Waals surface area (Å²) in [5, 5.41) is 9.35. The Bertz CT molecular complexity index is 612. The predicted octanol–water partition coefficient (Wildman–Crippen LogP) is 3.53. The van der Waals surface area contributed by atoms with Gasteiger partial charge in [-0.1, -0.05) is 18.2 Å². The highest BCUT2D eigenvalue weighted by Crippen LogP contribution is 2.30. The van der Waals surface area contributed by atoms with Crippen molar-refractivity contribution in [2.75, 3.05) is 13.2 Å². The maximum atomic E-state index is 12.5. The van der Waals surface area contributed by atoms with Crippen LogP contribution in [0.25, 0.3) is 0 Å². The fraction of sp³-hybridized carbons (Fsp3) is 0.250. The second-order valence-corrected chi connectivity index (χ2v) is 4.86. The maximum absolute atomic E-state index is 12.5. The number of hydrogen-bond acceptors (Lipinski definition) is 3. The molecule has 3 N–H and O–H groups in total. The monoisotopic (exact) mass is 311 g/mol. The van der Waals surface area contributed by atoms with Gasteiger partial charge in [0.1, 0.15) is 11.5 Å². The van der Waals surface area contributed by atoms with Gasteiger partial charge in [0, 0.05) is 18.5 Å². The van der Waals surface area contributed by atoms with Crippen LogP contribution in [0.2, 0.25) is 0 Å². The van der Waals surface area contributed by atoms with E-state index in [-0.39, 0.29) is 24.8 Å². The van der Waals surface area contributed by atoms with Crippen molar-refractivity contribution in [2.45, 2.75) is 12.1 Å². The van der Waals surface area contributed by atoms with Gasteiger partial charge in [0.15, 0.2) is 0 Å². The average Bonchev–Trinajstić information content (AvgIpc) is 2.47. The molecule has 0 fully saturated rings. The lowest BCUT2D eigenvalue weighted by Crippen LogP contribution is -2.20. The molecule has 6 heteroatoms. The molecule has 0 aliphatic carbocycles. The second kappa shape index (κ2) is 6.70. The molecule has 0 amide bonds. The van der Waals surface area contributed by atoms with Gasteiger partial charge in [-0.25, -0.2) is 0 Å². The highest BCUT2D eigenvalue weighted by atomic mass is 19.4. The van der Waals surface area contributed by atoms with E-state index in [9.17, 15) is 18.3 Å². The molecule has 0 saturated heterocycles. The van der Waals surface area contributed by atoms with Gasteiger partial charge in [-0.15, -0.1) is 0 Å². The van der Waals surface area contributed by atoms with E-state index in [1.807, 2.05) is 0 Å². The first-order valence-corrected chi connectivity index (χ1v) is 6.69. The van der Waals surface area contributed by atoms with E-state index in [2.05, 4.69) is 0 Å². The van der Waals surface area contributed by atoms with Crippen LogP contribution in [0.3, 0.4) is 0 Å².